The van der Waals surface area contributed by atoms with Gasteiger partial charge in [-0.15, -0.1) is 0 Å². The highest BCUT2D eigenvalue weighted by Gasteiger charge is 2.18. The predicted molar refractivity (Wildman–Crippen MR) is 164 cm³/mol. The number of carbonyl (C=O) groups is 1. The summed E-state index contributed by atoms with van der Waals surface area (Å²) < 4.78 is 5.82. The number of amides is 1. The maximum atomic E-state index is 12.6. The van der Waals surface area contributed by atoms with Gasteiger partial charge in [-0.05, 0) is 85.5 Å². The Kier molecular flexibility index (Phi) is 7.83. The number of furan rings is 1. The quantitative estimate of drug-likeness (QED) is 0.212. The highest BCUT2D eigenvalue weighted by molar-refractivity contribution is 5.97. The lowest BCUT2D eigenvalue weighted by atomic mass is 10.1. The van der Waals surface area contributed by atoms with E-state index < -0.39 is 0 Å². The first-order valence-electron chi connectivity index (χ1n) is 14.2. The zero-order chi connectivity index (χ0) is 28.0. The van der Waals surface area contributed by atoms with Crippen LogP contribution in [-0.2, 0) is 6.42 Å². The van der Waals surface area contributed by atoms with Crippen molar-refractivity contribution in [1.82, 2.24) is 15.2 Å². The zero-order valence-corrected chi connectivity index (χ0v) is 23.0. The second-order valence-corrected chi connectivity index (χ2v) is 10.5. The van der Waals surface area contributed by atoms with E-state index in [0.717, 1.165) is 74.1 Å². The molecule has 5 aromatic rings. The van der Waals surface area contributed by atoms with Gasteiger partial charge in [-0.25, -0.2) is 0 Å². The van der Waals surface area contributed by atoms with Crippen molar-refractivity contribution >= 4 is 39.5 Å². The monoisotopic (exact) mass is 543 g/mol. The van der Waals surface area contributed by atoms with Gasteiger partial charge in [0.25, 0.3) is 5.91 Å². The van der Waals surface area contributed by atoms with Crippen LogP contribution in [0.1, 0.15) is 40.1 Å². The Morgan fingerprint density at radius 3 is 2.68 bits per heavy atom. The third-order valence-corrected chi connectivity index (χ3v) is 7.82. The summed E-state index contributed by atoms with van der Waals surface area (Å²) in [4.78, 5) is 20.9. The van der Waals surface area contributed by atoms with Gasteiger partial charge in [0.05, 0.1) is 11.6 Å². The number of nitrogens with one attached hydrogen (secondary N) is 2. The Morgan fingerprint density at radius 1 is 1.00 bits per heavy atom. The molecule has 3 aromatic carbocycles. The second kappa shape index (κ2) is 12.2. The Morgan fingerprint density at radius 2 is 1.85 bits per heavy atom. The van der Waals surface area contributed by atoms with Crippen LogP contribution in [0.15, 0.2) is 89.6 Å². The van der Waals surface area contributed by atoms with Gasteiger partial charge in [0.2, 0.25) is 0 Å². The molecule has 7 heteroatoms. The van der Waals surface area contributed by atoms with E-state index in [-0.39, 0.29) is 5.91 Å². The van der Waals surface area contributed by atoms with Gasteiger partial charge in [0.15, 0.2) is 5.76 Å². The van der Waals surface area contributed by atoms with E-state index in [4.69, 9.17) is 4.42 Å². The highest BCUT2D eigenvalue weighted by atomic mass is 16.3. The summed E-state index contributed by atoms with van der Waals surface area (Å²) in [5.74, 6) is 0.0398. The Labute approximate surface area is 239 Å². The minimum Gasteiger partial charge on any atom is -0.451 e. The number of carbonyl (C=O) groups excluding carboxylic acids is 1. The Balaban J connectivity index is 0.976. The fourth-order valence-corrected chi connectivity index (χ4v) is 5.52. The number of benzene rings is 3. The molecule has 2 aromatic heterocycles. The molecule has 0 radical (unpaired) electrons. The molecule has 7 nitrogen and oxygen atoms in total. The molecule has 0 spiro atoms. The molecule has 0 atom stereocenters. The summed E-state index contributed by atoms with van der Waals surface area (Å²) in [5, 5.41) is 14.1. The van der Waals surface area contributed by atoms with Crippen molar-refractivity contribution in [2.45, 2.75) is 19.3 Å². The van der Waals surface area contributed by atoms with E-state index in [1.165, 1.54) is 10.9 Å². The van der Waals surface area contributed by atoms with Crippen LogP contribution in [0.5, 0.6) is 0 Å². The van der Waals surface area contributed by atoms with E-state index in [9.17, 15) is 10.1 Å². The van der Waals surface area contributed by atoms with Gasteiger partial charge in [-0.2, -0.15) is 5.26 Å². The molecule has 0 unspecified atom stereocenters. The van der Waals surface area contributed by atoms with Gasteiger partial charge in [0, 0.05) is 60.6 Å². The first-order chi connectivity index (χ1) is 20.2. The van der Waals surface area contributed by atoms with Gasteiger partial charge < -0.3 is 19.6 Å². The van der Waals surface area contributed by atoms with Crippen LogP contribution >= 0.6 is 0 Å². The normalized spacial score (nSPS) is 14.2. The number of aromatic nitrogens is 1. The third kappa shape index (κ3) is 6.19. The molecule has 1 saturated heterocycles. The molecule has 1 aliphatic heterocycles. The van der Waals surface area contributed by atoms with E-state index in [1.54, 1.807) is 6.20 Å². The van der Waals surface area contributed by atoms with Crippen LogP contribution in [0.4, 0.5) is 5.69 Å². The average Bonchev–Trinajstić information content (AvgIpc) is 3.63. The number of anilines is 1. The number of rotatable bonds is 9. The van der Waals surface area contributed by atoms with Crippen molar-refractivity contribution in [3.8, 4) is 6.07 Å². The molecule has 1 amide bonds. The number of fused-ring (bicyclic) bond motifs is 2. The molecule has 41 heavy (non-hydrogen) atoms. The number of hydrogen-bond acceptors (Lipinski definition) is 5. The van der Waals surface area contributed by atoms with Crippen molar-refractivity contribution in [3.63, 3.8) is 0 Å². The SMILES string of the molecule is N#Cc1ccc2[nH]cc(CCCCN3CCN(c4ccc5oc(C(=O)NC=Cc6ccccc6)cc5c4)CC3)c2c1. The molecule has 1 aliphatic rings. The predicted octanol–water partition coefficient (Wildman–Crippen LogP) is 6.33. The molecule has 2 N–H and O–H groups in total. The molecule has 6 rings (SSSR count). The minimum atomic E-state index is -0.264. The fourth-order valence-electron chi connectivity index (χ4n) is 5.52. The summed E-state index contributed by atoms with van der Waals surface area (Å²) in [5.41, 5.74) is 5.98. The maximum absolute atomic E-state index is 12.6. The number of nitriles is 1. The van der Waals surface area contributed by atoms with E-state index in [1.807, 2.05) is 66.7 Å². The van der Waals surface area contributed by atoms with Crippen LogP contribution in [0.25, 0.3) is 27.9 Å². The standard InChI is InChI=1S/C34H33N5O2/c35-23-26-9-11-31-30(20-26)27(24-37-31)8-4-5-15-38-16-18-39(19-17-38)29-10-12-32-28(21-29)22-33(41-32)34(40)36-14-13-25-6-2-1-3-7-25/h1-3,6-7,9-14,20-22,24,37H,4-5,8,15-19H2,(H,36,40). The molecular formula is C34H33N5O2. The van der Waals surface area contributed by atoms with Crippen molar-refractivity contribution in [3.05, 3.63) is 108 Å². The van der Waals surface area contributed by atoms with Crippen molar-refractivity contribution in [1.29, 1.82) is 5.26 Å². The fraction of sp³-hybridized carbons (Fsp3) is 0.235. The van der Waals surface area contributed by atoms with Gasteiger partial charge >= 0.3 is 0 Å². The lowest BCUT2D eigenvalue weighted by Gasteiger charge is -2.36. The van der Waals surface area contributed by atoms with Crippen LogP contribution < -0.4 is 10.2 Å². The van der Waals surface area contributed by atoms with E-state index in [0.29, 0.717) is 16.9 Å². The molecule has 1 fully saturated rings. The van der Waals surface area contributed by atoms with Crippen LogP contribution in [0, 0.1) is 11.3 Å². The topological polar surface area (TPSA) is 88.3 Å². The minimum absolute atomic E-state index is 0.264. The van der Waals surface area contributed by atoms with Crippen LogP contribution in [0.2, 0.25) is 0 Å². The summed E-state index contributed by atoms with van der Waals surface area (Å²) in [7, 11) is 0. The summed E-state index contributed by atoms with van der Waals surface area (Å²) >= 11 is 0. The van der Waals surface area contributed by atoms with Crippen LogP contribution in [0.3, 0.4) is 0 Å². The molecule has 0 saturated carbocycles. The smallest absolute Gasteiger partial charge is 0.290 e. The summed E-state index contributed by atoms with van der Waals surface area (Å²) in [6.45, 7) is 5.10. The van der Waals surface area contributed by atoms with Crippen molar-refractivity contribution < 1.29 is 9.21 Å². The van der Waals surface area contributed by atoms with Gasteiger partial charge in [-0.3, -0.25) is 9.69 Å². The molecular weight excluding hydrogens is 510 g/mol. The maximum Gasteiger partial charge on any atom is 0.290 e. The number of hydrogen-bond donors (Lipinski definition) is 2. The average molecular weight is 544 g/mol. The lowest BCUT2D eigenvalue weighted by Crippen LogP contribution is -2.46. The molecule has 3 heterocycles. The number of nitrogens with zero attached hydrogens (tertiary/aromatic N) is 3. The first kappa shape index (κ1) is 26.4. The van der Waals surface area contributed by atoms with Crippen molar-refractivity contribution in [2.75, 3.05) is 37.6 Å². The molecule has 0 bridgehead atoms. The molecule has 0 aliphatic carbocycles. The van der Waals surface area contributed by atoms with Crippen LogP contribution in [-0.4, -0.2) is 48.5 Å². The number of aryl methyl sites for hydroxylation is 1. The summed E-state index contributed by atoms with van der Waals surface area (Å²) in [6, 6.07) is 25.9. The van der Waals surface area contributed by atoms with Gasteiger partial charge in [-0.1, -0.05) is 30.3 Å². The zero-order valence-electron chi connectivity index (χ0n) is 23.0. The largest absolute Gasteiger partial charge is 0.451 e. The Bertz CT molecular complexity index is 1720. The molecule has 206 valence electrons. The second-order valence-electron chi connectivity index (χ2n) is 10.5. The van der Waals surface area contributed by atoms with E-state index >= 15 is 0 Å². The van der Waals surface area contributed by atoms with Gasteiger partial charge in [0.1, 0.15) is 5.58 Å². The number of H-pyrrole nitrogens is 1. The number of unbranched alkanes of at least 4 members (excludes halogenated alkanes) is 1. The van der Waals surface area contributed by atoms with E-state index in [2.05, 4.69) is 44.5 Å². The number of piperazine rings is 1. The highest BCUT2D eigenvalue weighted by Crippen LogP contribution is 2.26. The number of aromatic amines is 1. The lowest BCUT2D eigenvalue weighted by molar-refractivity contribution is 0.0945. The first-order valence-corrected chi connectivity index (χ1v) is 14.2. The Hall–Kier alpha value is -4.80. The summed E-state index contributed by atoms with van der Waals surface area (Å²) in [6.07, 6.45) is 8.87. The third-order valence-electron chi connectivity index (χ3n) is 7.82. The van der Waals surface area contributed by atoms with Crippen molar-refractivity contribution in [2.24, 2.45) is 0 Å².